The molecule has 1 amide bonds. The van der Waals surface area contributed by atoms with Crippen LogP contribution < -0.4 is 0 Å². The second-order valence-electron chi connectivity index (χ2n) is 5.92. The third kappa shape index (κ3) is 3.42. The van der Waals surface area contributed by atoms with Crippen molar-refractivity contribution in [1.29, 1.82) is 0 Å². The quantitative estimate of drug-likeness (QED) is 0.629. The third-order valence-electron chi connectivity index (χ3n) is 4.20. The van der Waals surface area contributed by atoms with E-state index in [1.54, 1.807) is 30.0 Å². The number of rotatable bonds is 4. The average molecular weight is 330 g/mol. The van der Waals surface area contributed by atoms with Crippen LogP contribution in [0.1, 0.15) is 36.0 Å². The minimum Gasteiger partial charge on any atom is -0.342 e. The van der Waals surface area contributed by atoms with Gasteiger partial charge in [0, 0.05) is 24.7 Å². The number of hydrogen-bond acceptors (Lipinski definition) is 6. The van der Waals surface area contributed by atoms with E-state index in [0.717, 1.165) is 12.8 Å². The van der Waals surface area contributed by atoms with Crippen LogP contribution in [0.25, 0.3) is 0 Å². The van der Waals surface area contributed by atoms with Crippen LogP contribution in [-0.4, -0.2) is 39.0 Å². The second kappa shape index (κ2) is 6.77. The van der Waals surface area contributed by atoms with Gasteiger partial charge in [-0.15, -0.1) is 0 Å². The summed E-state index contributed by atoms with van der Waals surface area (Å²) in [5.41, 5.74) is 0.412. The van der Waals surface area contributed by atoms with Crippen LogP contribution >= 0.6 is 0 Å². The van der Waals surface area contributed by atoms with Gasteiger partial charge in [-0.2, -0.15) is 4.98 Å². The smallest absolute Gasteiger partial charge is 0.273 e. The van der Waals surface area contributed by atoms with Gasteiger partial charge in [0.1, 0.15) is 0 Å². The van der Waals surface area contributed by atoms with Crippen LogP contribution in [0.15, 0.2) is 28.8 Å². The lowest BCUT2D eigenvalue weighted by molar-refractivity contribution is -0.385. The summed E-state index contributed by atoms with van der Waals surface area (Å²) < 4.78 is 5.21. The van der Waals surface area contributed by atoms with Crippen LogP contribution in [0.4, 0.5) is 5.69 Å². The lowest BCUT2D eigenvalue weighted by Gasteiger charge is -2.31. The number of amides is 1. The summed E-state index contributed by atoms with van der Waals surface area (Å²) in [4.78, 5) is 29.1. The lowest BCUT2D eigenvalue weighted by atomic mass is 9.97. The molecule has 1 saturated heterocycles. The van der Waals surface area contributed by atoms with Crippen molar-refractivity contribution in [2.24, 2.45) is 0 Å². The van der Waals surface area contributed by atoms with Gasteiger partial charge in [-0.3, -0.25) is 14.9 Å². The van der Waals surface area contributed by atoms with Crippen molar-refractivity contribution < 1.29 is 14.2 Å². The maximum Gasteiger partial charge on any atom is 0.273 e. The Balaban J connectivity index is 1.70. The second-order valence-corrected chi connectivity index (χ2v) is 5.92. The summed E-state index contributed by atoms with van der Waals surface area (Å²) in [6, 6.07) is 6.35. The first-order chi connectivity index (χ1) is 11.5. The van der Waals surface area contributed by atoms with Crippen molar-refractivity contribution in [1.82, 2.24) is 15.0 Å². The van der Waals surface area contributed by atoms with Gasteiger partial charge in [0.2, 0.25) is 11.8 Å². The Morgan fingerprint density at radius 1 is 1.46 bits per heavy atom. The molecule has 3 rings (SSSR count). The SMILES string of the molecule is Cc1noc(C2CCCN(C(=O)Cc3ccccc3[N+](=O)[O-])C2)n1. The molecule has 1 fully saturated rings. The molecule has 0 aliphatic carbocycles. The van der Waals surface area contributed by atoms with E-state index in [2.05, 4.69) is 10.1 Å². The maximum atomic E-state index is 12.6. The average Bonchev–Trinajstić information content (AvgIpc) is 3.02. The largest absolute Gasteiger partial charge is 0.342 e. The summed E-state index contributed by atoms with van der Waals surface area (Å²) in [6.07, 6.45) is 1.75. The van der Waals surface area contributed by atoms with Gasteiger partial charge >= 0.3 is 0 Å². The van der Waals surface area contributed by atoms with Crippen molar-refractivity contribution in [2.75, 3.05) is 13.1 Å². The van der Waals surface area contributed by atoms with E-state index in [4.69, 9.17) is 4.52 Å². The summed E-state index contributed by atoms with van der Waals surface area (Å²) in [5.74, 6) is 1.03. The number of benzene rings is 1. The molecule has 0 bridgehead atoms. The van der Waals surface area contributed by atoms with Crippen LogP contribution in [0.3, 0.4) is 0 Å². The molecule has 1 aliphatic heterocycles. The van der Waals surface area contributed by atoms with Crippen molar-refractivity contribution in [3.05, 3.63) is 51.7 Å². The van der Waals surface area contributed by atoms with E-state index < -0.39 is 4.92 Å². The van der Waals surface area contributed by atoms with Gasteiger partial charge < -0.3 is 9.42 Å². The highest BCUT2D eigenvalue weighted by molar-refractivity contribution is 5.80. The fourth-order valence-corrected chi connectivity index (χ4v) is 3.00. The van der Waals surface area contributed by atoms with Crippen LogP contribution in [-0.2, 0) is 11.2 Å². The number of likely N-dealkylation sites (tertiary alicyclic amines) is 1. The summed E-state index contributed by atoms with van der Waals surface area (Å²) in [5, 5.41) is 14.9. The molecule has 0 saturated carbocycles. The van der Waals surface area contributed by atoms with E-state index in [1.165, 1.54) is 6.07 Å². The Kier molecular flexibility index (Phi) is 4.54. The Morgan fingerprint density at radius 3 is 2.96 bits per heavy atom. The van der Waals surface area contributed by atoms with Gasteiger partial charge in [-0.1, -0.05) is 23.4 Å². The molecule has 0 radical (unpaired) electrons. The minimum absolute atomic E-state index is 0.0206. The van der Waals surface area contributed by atoms with E-state index in [9.17, 15) is 14.9 Å². The Labute approximate surface area is 138 Å². The molecule has 1 aliphatic rings. The van der Waals surface area contributed by atoms with Crippen molar-refractivity contribution in [3.63, 3.8) is 0 Å². The zero-order valence-electron chi connectivity index (χ0n) is 13.3. The van der Waals surface area contributed by atoms with Gasteiger partial charge in [-0.05, 0) is 19.8 Å². The fourth-order valence-electron chi connectivity index (χ4n) is 3.00. The molecule has 0 spiro atoms. The molecule has 8 heteroatoms. The number of nitro benzene ring substituents is 1. The number of carbonyl (C=O) groups excluding carboxylic acids is 1. The third-order valence-corrected chi connectivity index (χ3v) is 4.20. The predicted octanol–water partition coefficient (Wildman–Crippen LogP) is 2.23. The Bertz CT molecular complexity index is 758. The summed E-state index contributed by atoms with van der Waals surface area (Å²) >= 11 is 0. The molecule has 1 unspecified atom stereocenters. The molecule has 1 atom stereocenters. The van der Waals surface area contributed by atoms with E-state index in [1.807, 2.05) is 0 Å². The first-order valence-electron chi connectivity index (χ1n) is 7.85. The first kappa shape index (κ1) is 16.1. The Morgan fingerprint density at radius 2 is 2.25 bits per heavy atom. The standard InChI is InChI=1S/C16H18N4O4/c1-11-17-16(24-18-11)13-6-4-8-19(10-13)15(21)9-12-5-2-3-7-14(12)20(22)23/h2-3,5,7,13H,4,6,8-10H2,1H3. The molecule has 2 aromatic rings. The van der Waals surface area contributed by atoms with Crippen LogP contribution in [0.2, 0.25) is 0 Å². The Hall–Kier alpha value is -2.77. The molecule has 1 aromatic carbocycles. The number of piperidine rings is 1. The van der Waals surface area contributed by atoms with Gasteiger partial charge in [0.15, 0.2) is 5.82 Å². The van der Waals surface area contributed by atoms with Gasteiger partial charge in [0.25, 0.3) is 5.69 Å². The van der Waals surface area contributed by atoms with E-state index >= 15 is 0 Å². The van der Waals surface area contributed by atoms with Gasteiger partial charge in [-0.25, -0.2) is 0 Å². The number of aryl methyl sites for hydroxylation is 1. The van der Waals surface area contributed by atoms with Crippen molar-refractivity contribution in [2.45, 2.75) is 32.1 Å². The van der Waals surface area contributed by atoms with Crippen LogP contribution in [0, 0.1) is 17.0 Å². The van der Waals surface area contributed by atoms with Crippen LogP contribution in [0.5, 0.6) is 0 Å². The highest BCUT2D eigenvalue weighted by Gasteiger charge is 2.29. The molecular weight excluding hydrogens is 312 g/mol. The monoisotopic (exact) mass is 330 g/mol. The summed E-state index contributed by atoms with van der Waals surface area (Å²) in [7, 11) is 0. The number of para-hydroxylation sites is 1. The molecule has 0 N–H and O–H groups in total. The zero-order valence-corrected chi connectivity index (χ0v) is 13.3. The number of nitrogens with zero attached hydrogens (tertiary/aromatic N) is 4. The molecule has 2 heterocycles. The summed E-state index contributed by atoms with van der Waals surface area (Å²) in [6.45, 7) is 2.90. The first-order valence-corrected chi connectivity index (χ1v) is 7.85. The maximum absolute atomic E-state index is 12.6. The predicted molar refractivity (Wildman–Crippen MR) is 84.4 cm³/mol. The van der Waals surface area contributed by atoms with Crippen molar-refractivity contribution in [3.8, 4) is 0 Å². The van der Waals surface area contributed by atoms with E-state index in [-0.39, 0.29) is 23.9 Å². The van der Waals surface area contributed by atoms with E-state index in [0.29, 0.717) is 30.4 Å². The number of carbonyl (C=O) groups is 1. The number of aromatic nitrogens is 2. The lowest BCUT2D eigenvalue weighted by Crippen LogP contribution is -2.40. The highest BCUT2D eigenvalue weighted by Crippen LogP contribution is 2.27. The molecule has 24 heavy (non-hydrogen) atoms. The highest BCUT2D eigenvalue weighted by atomic mass is 16.6. The molecule has 1 aromatic heterocycles. The van der Waals surface area contributed by atoms with Crippen molar-refractivity contribution >= 4 is 11.6 Å². The number of hydrogen-bond donors (Lipinski definition) is 0. The molecule has 8 nitrogen and oxygen atoms in total. The molecule has 126 valence electrons. The van der Waals surface area contributed by atoms with Gasteiger partial charge in [0.05, 0.1) is 17.3 Å². The fraction of sp³-hybridized carbons (Fsp3) is 0.438. The zero-order chi connectivity index (χ0) is 17.1. The molecular formula is C16H18N4O4. The number of nitro groups is 1. The minimum atomic E-state index is -0.456. The topological polar surface area (TPSA) is 102 Å². The normalized spacial score (nSPS) is 17.7.